The van der Waals surface area contributed by atoms with E-state index in [0.717, 1.165) is 24.2 Å². The van der Waals surface area contributed by atoms with Crippen molar-refractivity contribution >= 4 is 44.6 Å². The summed E-state index contributed by atoms with van der Waals surface area (Å²) in [5.74, 6) is 0.290. The van der Waals surface area contributed by atoms with Crippen LogP contribution >= 0.6 is 22.9 Å². The normalized spacial score (nSPS) is 17.1. The van der Waals surface area contributed by atoms with Crippen LogP contribution < -0.4 is 10.0 Å². The number of fused-ring (bicyclic) bond motifs is 1. The third-order valence-electron chi connectivity index (χ3n) is 4.18. The highest BCUT2D eigenvalue weighted by Crippen LogP contribution is 2.36. The summed E-state index contributed by atoms with van der Waals surface area (Å²) >= 11 is 6.94. The molecule has 0 aliphatic carbocycles. The third kappa shape index (κ3) is 6.79. The molecular formula is C17H28ClN3O2S2. The monoisotopic (exact) mass is 405 g/mol. The lowest BCUT2D eigenvalue weighted by Gasteiger charge is -2.18. The van der Waals surface area contributed by atoms with Crippen molar-refractivity contribution in [1.29, 1.82) is 0 Å². The number of aliphatic imine (C=N–C) groups is 1. The molecule has 0 atom stereocenters. The van der Waals surface area contributed by atoms with Crippen LogP contribution in [0.2, 0.25) is 4.34 Å². The molecule has 5 nitrogen and oxygen atoms in total. The molecule has 25 heavy (non-hydrogen) atoms. The smallest absolute Gasteiger partial charge is 0.275 e. The highest BCUT2D eigenvalue weighted by molar-refractivity contribution is 7.92. The Morgan fingerprint density at radius 2 is 1.64 bits per heavy atom. The molecule has 1 aromatic rings. The van der Waals surface area contributed by atoms with Gasteiger partial charge in [-0.3, -0.25) is 4.99 Å². The molecule has 0 radical (unpaired) electrons. The molecule has 0 amide bonds. The van der Waals surface area contributed by atoms with Crippen molar-refractivity contribution in [2.24, 2.45) is 4.99 Å². The van der Waals surface area contributed by atoms with Gasteiger partial charge in [0.05, 0.1) is 10.0 Å². The number of unbranched alkanes of at least 4 members (excludes halogenated alkanes) is 9. The summed E-state index contributed by atoms with van der Waals surface area (Å²) in [6.45, 7) is 2.86. The van der Waals surface area contributed by atoms with Gasteiger partial charge in [0.2, 0.25) is 5.96 Å². The molecule has 0 saturated heterocycles. The average Bonchev–Trinajstić information content (AvgIpc) is 2.94. The van der Waals surface area contributed by atoms with Gasteiger partial charge in [0, 0.05) is 6.54 Å². The van der Waals surface area contributed by atoms with Crippen molar-refractivity contribution in [1.82, 2.24) is 4.72 Å². The highest BCUT2D eigenvalue weighted by Gasteiger charge is 2.29. The topological polar surface area (TPSA) is 70.6 Å². The van der Waals surface area contributed by atoms with Gasteiger partial charge < -0.3 is 5.32 Å². The summed E-state index contributed by atoms with van der Waals surface area (Å²) < 4.78 is 27.4. The molecule has 2 rings (SSSR count). The van der Waals surface area contributed by atoms with Crippen LogP contribution in [0.1, 0.15) is 71.1 Å². The summed E-state index contributed by atoms with van der Waals surface area (Å²) in [7, 11) is -3.54. The molecular weight excluding hydrogens is 378 g/mol. The predicted octanol–water partition coefficient (Wildman–Crippen LogP) is 5.38. The van der Waals surface area contributed by atoms with Gasteiger partial charge in [-0.1, -0.05) is 76.3 Å². The molecule has 142 valence electrons. The Bertz CT molecular complexity index is 671. The molecule has 2 heterocycles. The molecule has 0 spiro atoms. The average molecular weight is 406 g/mol. The second kappa shape index (κ2) is 10.4. The van der Waals surface area contributed by atoms with Crippen LogP contribution in [0.3, 0.4) is 0 Å². The fourth-order valence-electron chi connectivity index (χ4n) is 2.82. The molecule has 0 saturated carbocycles. The minimum atomic E-state index is -3.54. The van der Waals surface area contributed by atoms with Crippen LogP contribution in [-0.4, -0.2) is 20.9 Å². The lowest BCUT2D eigenvalue weighted by atomic mass is 10.1. The maximum absolute atomic E-state index is 12.1. The van der Waals surface area contributed by atoms with E-state index in [9.17, 15) is 8.42 Å². The van der Waals surface area contributed by atoms with Gasteiger partial charge in [0.25, 0.3) is 10.0 Å². The van der Waals surface area contributed by atoms with Crippen LogP contribution in [0.5, 0.6) is 0 Å². The van der Waals surface area contributed by atoms with E-state index in [-0.39, 0.29) is 10.2 Å². The molecule has 8 heteroatoms. The minimum absolute atomic E-state index is 0.218. The van der Waals surface area contributed by atoms with E-state index in [1.165, 1.54) is 51.4 Å². The Balaban J connectivity index is 1.62. The Hall–Kier alpha value is -0.790. The molecule has 1 aliphatic heterocycles. The SMILES string of the molecule is CCCCCCCCCCCCN=C1Nc2cc(Cl)sc2S(=O)(=O)N1. The predicted molar refractivity (Wildman–Crippen MR) is 107 cm³/mol. The lowest BCUT2D eigenvalue weighted by molar-refractivity contribution is 0.558. The minimum Gasteiger partial charge on any atom is -0.324 e. The van der Waals surface area contributed by atoms with E-state index in [4.69, 9.17) is 11.6 Å². The van der Waals surface area contributed by atoms with Crippen molar-refractivity contribution in [3.8, 4) is 0 Å². The van der Waals surface area contributed by atoms with E-state index in [1.54, 1.807) is 6.07 Å². The number of nitrogens with zero attached hydrogens (tertiary/aromatic N) is 1. The molecule has 0 unspecified atom stereocenters. The summed E-state index contributed by atoms with van der Waals surface area (Å²) in [6, 6.07) is 1.62. The zero-order valence-electron chi connectivity index (χ0n) is 14.8. The largest absolute Gasteiger partial charge is 0.324 e. The van der Waals surface area contributed by atoms with Gasteiger partial charge in [-0.2, -0.15) is 0 Å². The zero-order valence-corrected chi connectivity index (χ0v) is 17.2. The van der Waals surface area contributed by atoms with Crippen LogP contribution in [0.4, 0.5) is 5.69 Å². The number of anilines is 1. The summed E-state index contributed by atoms with van der Waals surface area (Å²) in [4.78, 5) is 4.33. The summed E-state index contributed by atoms with van der Waals surface area (Å²) in [5.41, 5.74) is 0.510. The molecule has 0 fully saturated rings. The molecule has 1 aromatic heterocycles. The maximum Gasteiger partial charge on any atom is 0.275 e. The quantitative estimate of drug-likeness (QED) is 0.485. The highest BCUT2D eigenvalue weighted by atomic mass is 35.5. The van der Waals surface area contributed by atoms with Gasteiger partial charge >= 0.3 is 0 Å². The first-order valence-corrected chi connectivity index (χ1v) is 11.8. The third-order valence-corrected chi connectivity index (χ3v) is 7.31. The number of sulfonamides is 1. The Labute approximate surface area is 160 Å². The summed E-state index contributed by atoms with van der Waals surface area (Å²) in [5, 5.41) is 2.99. The maximum atomic E-state index is 12.1. The van der Waals surface area contributed by atoms with Crippen LogP contribution in [-0.2, 0) is 10.0 Å². The fourth-order valence-corrected chi connectivity index (χ4v) is 5.57. The Morgan fingerprint density at radius 1 is 1.04 bits per heavy atom. The van der Waals surface area contributed by atoms with Gasteiger partial charge in [-0.25, -0.2) is 13.1 Å². The van der Waals surface area contributed by atoms with Gasteiger partial charge in [-0.15, -0.1) is 11.3 Å². The molecule has 0 aromatic carbocycles. The number of thiophene rings is 1. The van der Waals surface area contributed by atoms with Crippen molar-refractivity contribution in [2.75, 3.05) is 11.9 Å². The number of nitrogens with one attached hydrogen (secondary N) is 2. The second-order valence-electron chi connectivity index (χ2n) is 6.39. The van der Waals surface area contributed by atoms with Gasteiger partial charge in [0.1, 0.15) is 0 Å². The first kappa shape index (κ1) is 20.5. The van der Waals surface area contributed by atoms with E-state index in [1.807, 2.05) is 0 Å². The van der Waals surface area contributed by atoms with Crippen LogP contribution in [0, 0.1) is 0 Å². The van der Waals surface area contributed by atoms with Crippen LogP contribution in [0.15, 0.2) is 15.3 Å². The summed E-state index contributed by atoms with van der Waals surface area (Å²) in [6.07, 6.45) is 12.7. The fraction of sp³-hybridized carbons (Fsp3) is 0.706. The first-order chi connectivity index (χ1) is 12.0. The second-order valence-corrected chi connectivity index (χ2v) is 9.96. The van der Waals surface area contributed by atoms with Crippen molar-refractivity contribution in [2.45, 2.75) is 75.3 Å². The van der Waals surface area contributed by atoms with E-state index >= 15 is 0 Å². The zero-order chi connectivity index (χ0) is 18.1. The van der Waals surface area contributed by atoms with E-state index < -0.39 is 10.0 Å². The van der Waals surface area contributed by atoms with Gasteiger partial charge in [0.15, 0.2) is 4.21 Å². The molecule has 1 aliphatic rings. The number of hydrogen-bond acceptors (Lipinski definition) is 4. The number of rotatable bonds is 11. The number of guanidine groups is 1. The van der Waals surface area contributed by atoms with Gasteiger partial charge in [-0.05, 0) is 12.5 Å². The standard InChI is InChI=1S/C17H28ClN3O2S2/c1-2-3-4-5-6-7-8-9-10-11-12-19-17-20-14-13-15(18)24-16(14)25(22,23)21-17/h13H,2-12H2,1H3,(H2,19,20,21). The Morgan fingerprint density at radius 3 is 2.28 bits per heavy atom. The van der Waals surface area contributed by atoms with Crippen LogP contribution in [0.25, 0.3) is 0 Å². The van der Waals surface area contributed by atoms with E-state index in [0.29, 0.717) is 16.6 Å². The Kier molecular flexibility index (Phi) is 8.52. The van der Waals surface area contributed by atoms with E-state index in [2.05, 4.69) is 22.0 Å². The first-order valence-electron chi connectivity index (χ1n) is 9.16. The number of hydrogen-bond donors (Lipinski definition) is 2. The molecule has 0 bridgehead atoms. The van der Waals surface area contributed by atoms with Crippen molar-refractivity contribution < 1.29 is 8.42 Å². The number of halogens is 1. The lowest BCUT2D eigenvalue weighted by Crippen LogP contribution is -2.40. The van der Waals surface area contributed by atoms with Crippen molar-refractivity contribution in [3.63, 3.8) is 0 Å². The van der Waals surface area contributed by atoms with Crippen molar-refractivity contribution in [3.05, 3.63) is 10.4 Å². The molecule has 2 N–H and O–H groups in total.